The molecule has 2 aromatic rings. The number of hydrogen-bond donors (Lipinski definition) is 1. The zero-order valence-electron chi connectivity index (χ0n) is 17.1. The highest BCUT2D eigenvalue weighted by molar-refractivity contribution is 5.80. The molecule has 2 fully saturated rings. The lowest BCUT2D eigenvalue weighted by Gasteiger charge is -2.40. The summed E-state index contributed by atoms with van der Waals surface area (Å²) in [5, 5.41) is 3.67. The molecular weight excluding hydrogens is 364 g/mol. The molecule has 154 valence electrons. The number of anilines is 1. The summed E-state index contributed by atoms with van der Waals surface area (Å²) in [5.74, 6) is 1.78. The maximum Gasteiger partial charge on any atom is 0.225 e. The van der Waals surface area contributed by atoms with E-state index in [0.717, 1.165) is 70.7 Å². The molecule has 7 nitrogen and oxygen atoms in total. The molecule has 0 atom stereocenters. The highest BCUT2D eigenvalue weighted by atomic mass is 16.5. The van der Waals surface area contributed by atoms with Crippen LogP contribution < -0.4 is 10.2 Å². The number of rotatable bonds is 4. The fraction of sp³-hybridized carbons (Fsp3) is 0.500. The van der Waals surface area contributed by atoms with Crippen LogP contribution in [-0.2, 0) is 10.2 Å². The van der Waals surface area contributed by atoms with Crippen molar-refractivity contribution in [2.24, 2.45) is 4.99 Å². The van der Waals surface area contributed by atoms with Gasteiger partial charge < -0.3 is 19.9 Å². The van der Waals surface area contributed by atoms with Gasteiger partial charge in [0.25, 0.3) is 0 Å². The van der Waals surface area contributed by atoms with Gasteiger partial charge in [-0.2, -0.15) is 0 Å². The van der Waals surface area contributed by atoms with Crippen LogP contribution in [0.4, 0.5) is 5.95 Å². The molecule has 1 N–H and O–H groups in total. The molecule has 1 aromatic heterocycles. The van der Waals surface area contributed by atoms with E-state index in [1.807, 2.05) is 13.1 Å². The molecule has 2 aliphatic rings. The number of ether oxygens (including phenoxy) is 1. The minimum atomic E-state index is 0.0924. The second-order valence-corrected chi connectivity index (χ2v) is 7.68. The van der Waals surface area contributed by atoms with Crippen LogP contribution in [-0.4, -0.2) is 73.8 Å². The monoisotopic (exact) mass is 394 g/mol. The number of nitrogens with one attached hydrogen (secondary N) is 1. The maximum absolute atomic E-state index is 5.66. The summed E-state index contributed by atoms with van der Waals surface area (Å²) >= 11 is 0. The molecular formula is C22H30N6O. The van der Waals surface area contributed by atoms with Gasteiger partial charge in [-0.25, -0.2) is 9.97 Å². The first-order valence-corrected chi connectivity index (χ1v) is 10.4. The molecule has 4 rings (SSSR count). The number of benzene rings is 1. The zero-order valence-corrected chi connectivity index (χ0v) is 17.1. The Kier molecular flexibility index (Phi) is 6.24. The predicted octanol–water partition coefficient (Wildman–Crippen LogP) is 1.92. The average Bonchev–Trinajstić information content (AvgIpc) is 2.82. The number of guanidine groups is 1. The molecule has 0 bridgehead atoms. The van der Waals surface area contributed by atoms with Crippen molar-refractivity contribution in [2.45, 2.75) is 18.3 Å². The van der Waals surface area contributed by atoms with Crippen LogP contribution in [0, 0.1) is 0 Å². The van der Waals surface area contributed by atoms with Crippen molar-refractivity contribution < 1.29 is 4.74 Å². The van der Waals surface area contributed by atoms with Crippen LogP contribution in [0.3, 0.4) is 0 Å². The molecule has 0 radical (unpaired) electrons. The standard InChI is InChI=1S/C22H30N6O/c1-23-20(27-12-14-28(15-13-27)21-24-10-5-11-25-21)26-18-22(8-16-29-17-9-22)19-6-3-2-4-7-19/h2-7,10-11H,8-9,12-18H2,1H3,(H,23,26). The number of aromatic nitrogens is 2. The lowest BCUT2D eigenvalue weighted by atomic mass is 9.74. The van der Waals surface area contributed by atoms with Crippen molar-refractivity contribution in [2.75, 3.05) is 57.9 Å². The summed E-state index contributed by atoms with van der Waals surface area (Å²) in [6.07, 6.45) is 5.65. The number of hydrogen-bond acceptors (Lipinski definition) is 5. The molecule has 2 aliphatic heterocycles. The van der Waals surface area contributed by atoms with Gasteiger partial charge in [-0.1, -0.05) is 30.3 Å². The van der Waals surface area contributed by atoms with Gasteiger partial charge in [-0.15, -0.1) is 0 Å². The summed E-state index contributed by atoms with van der Waals surface area (Å²) in [7, 11) is 1.87. The van der Waals surface area contributed by atoms with Gasteiger partial charge in [-0.3, -0.25) is 4.99 Å². The third-order valence-electron chi connectivity index (χ3n) is 6.05. The lowest BCUT2D eigenvalue weighted by molar-refractivity contribution is 0.0511. The van der Waals surface area contributed by atoms with Gasteiger partial charge in [0.1, 0.15) is 0 Å². The van der Waals surface area contributed by atoms with Gasteiger partial charge in [0.2, 0.25) is 5.95 Å². The van der Waals surface area contributed by atoms with Crippen molar-refractivity contribution in [1.82, 2.24) is 20.2 Å². The van der Waals surface area contributed by atoms with Crippen LogP contribution in [0.15, 0.2) is 53.8 Å². The molecule has 29 heavy (non-hydrogen) atoms. The van der Waals surface area contributed by atoms with E-state index in [1.54, 1.807) is 12.4 Å². The average molecular weight is 395 g/mol. The highest BCUT2D eigenvalue weighted by Crippen LogP contribution is 2.34. The minimum absolute atomic E-state index is 0.0924. The van der Waals surface area contributed by atoms with E-state index in [9.17, 15) is 0 Å². The molecule has 2 saturated heterocycles. The highest BCUT2D eigenvalue weighted by Gasteiger charge is 2.35. The van der Waals surface area contributed by atoms with Crippen molar-refractivity contribution in [3.05, 3.63) is 54.4 Å². The van der Waals surface area contributed by atoms with Crippen LogP contribution in [0.2, 0.25) is 0 Å². The van der Waals surface area contributed by atoms with E-state index in [0.29, 0.717) is 0 Å². The summed E-state index contributed by atoms with van der Waals surface area (Å²) < 4.78 is 5.66. The molecule has 3 heterocycles. The molecule has 0 amide bonds. The smallest absolute Gasteiger partial charge is 0.225 e. The molecule has 0 saturated carbocycles. The van der Waals surface area contributed by atoms with Crippen molar-refractivity contribution >= 4 is 11.9 Å². The number of nitrogens with zero attached hydrogens (tertiary/aromatic N) is 5. The Hall–Kier alpha value is -2.67. The van der Waals surface area contributed by atoms with Crippen LogP contribution in [0.1, 0.15) is 18.4 Å². The first kappa shape index (κ1) is 19.6. The SMILES string of the molecule is CN=C(NCC1(c2ccccc2)CCOCC1)N1CCN(c2ncccn2)CC1. The van der Waals surface area contributed by atoms with E-state index in [-0.39, 0.29) is 5.41 Å². The number of aliphatic imine (C=N–C) groups is 1. The summed E-state index contributed by atoms with van der Waals surface area (Å²) in [6.45, 7) is 6.08. The molecule has 0 spiro atoms. The van der Waals surface area contributed by atoms with Crippen molar-refractivity contribution in [1.29, 1.82) is 0 Å². The van der Waals surface area contributed by atoms with Crippen LogP contribution >= 0.6 is 0 Å². The third-order valence-corrected chi connectivity index (χ3v) is 6.05. The normalized spacial score (nSPS) is 19.8. The second-order valence-electron chi connectivity index (χ2n) is 7.68. The van der Waals surface area contributed by atoms with Crippen LogP contribution in [0.25, 0.3) is 0 Å². The van der Waals surface area contributed by atoms with Gasteiger partial charge in [0.15, 0.2) is 5.96 Å². The van der Waals surface area contributed by atoms with Gasteiger partial charge in [0.05, 0.1) is 0 Å². The fourth-order valence-corrected chi connectivity index (χ4v) is 4.27. The Balaban J connectivity index is 1.39. The first-order chi connectivity index (χ1) is 14.3. The predicted molar refractivity (Wildman–Crippen MR) is 115 cm³/mol. The molecule has 0 unspecified atom stereocenters. The lowest BCUT2D eigenvalue weighted by Crippen LogP contribution is -2.55. The third kappa shape index (κ3) is 4.50. The van der Waals surface area contributed by atoms with Crippen molar-refractivity contribution in [3.63, 3.8) is 0 Å². The summed E-state index contributed by atoms with van der Waals surface area (Å²) in [5.41, 5.74) is 1.48. The molecule has 1 aromatic carbocycles. The first-order valence-electron chi connectivity index (χ1n) is 10.4. The summed E-state index contributed by atoms with van der Waals surface area (Å²) in [4.78, 5) is 17.9. The largest absolute Gasteiger partial charge is 0.381 e. The molecule has 7 heteroatoms. The van der Waals surface area contributed by atoms with Gasteiger partial charge >= 0.3 is 0 Å². The van der Waals surface area contributed by atoms with E-state index in [2.05, 4.69) is 60.4 Å². The Morgan fingerprint density at radius 1 is 1.03 bits per heavy atom. The zero-order chi connectivity index (χ0) is 19.9. The second kappa shape index (κ2) is 9.22. The van der Waals surface area contributed by atoms with Crippen molar-refractivity contribution in [3.8, 4) is 0 Å². The van der Waals surface area contributed by atoms with E-state index in [1.165, 1.54) is 5.56 Å². The molecule has 0 aliphatic carbocycles. The van der Waals surface area contributed by atoms with E-state index < -0.39 is 0 Å². The Morgan fingerprint density at radius 2 is 1.72 bits per heavy atom. The number of piperazine rings is 1. The van der Waals surface area contributed by atoms with Gasteiger partial charge in [0, 0.05) is 70.8 Å². The topological polar surface area (TPSA) is 65.9 Å². The Morgan fingerprint density at radius 3 is 2.38 bits per heavy atom. The summed E-state index contributed by atoms with van der Waals surface area (Å²) in [6, 6.07) is 12.7. The minimum Gasteiger partial charge on any atom is -0.381 e. The van der Waals surface area contributed by atoms with E-state index in [4.69, 9.17) is 4.74 Å². The Labute approximate surface area is 172 Å². The van der Waals surface area contributed by atoms with Crippen LogP contribution in [0.5, 0.6) is 0 Å². The van der Waals surface area contributed by atoms with Gasteiger partial charge in [-0.05, 0) is 24.5 Å². The fourth-order valence-electron chi connectivity index (χ4n) is 4.27. The Bertz CT molecular complexity index is 783. The maximum atomic E-state index is 5.66. The quantitative estimate of drug-likeness (QED) is 0.631. The van der Waals surface area contributed by atoms with E-state index >= 15 is 0 Å².